The summed E-state index contributed by atoms with van der Waals surface area (Å²) in [5, 5.41) is 114. The van der Waals surface area contributed by atoms with Crippen LogP contribution < -0.4 is 13.7 Å². The van der Waals surface area contributed by atoms with Crippen LogP contribution in [0.25, 0.3) is 0 Å². The number of alkyl halides is 4. The highest BCUT2D eigenvalue weighted by molar-refractivity contribution is 9.09. The Hall–Kier alpha value is -9.11. The maximum absolute atomic E-state index is 17.3. The molecule has 0 unspecified atom stereocenters. The number of rotatable bonds is 30. The molecule has 12 aliphatic carbocycles. The van der Waals surface area contributed by atoms with Gasteiger partial charge in [-0.2, -0.15) is 0 Å². The van der Waals surface area contributed by atoms with Gasteiger partial charge in [-0.3, -0.25) is 52.9 Å². The summed E-state index contributed by atoms with van der Waals surface area (Å²) >= 11 is 3.27. The van der Waals surface area contributed by atoms with Gasteiger partial charge in [-0.25, -0.2) is 26.9 Å². The van der Waals surface area contributed by atoms with E-state index >= 15 is 13.2 Å². The van der Waals surface area contributed by atoms with Gasteiger partial charge in [-0.15, -0.1) is 0 Å². The summed E-state index contributed by atoms with van der Waals surface area (Å²) in [6.45, 7) is 24.8. The first-order valence-electron chi connectivity index (χ1n) is 51.8. The third-order valence-electron chi connectivity index (χ3n) is 35.6. The summed E-state index contributed by atoms with van der Waals surface area (Å²) in [6, 6.07) is 16.4. The fourth-order valence-electron chi connectivity index (χ4n) is 27.2. The van der Waals surface area contributed by atoms with E-state index in [0.29, 0.717) is 100 Å². The van der Waals surface area contributed by atoms with Crippen molar-refractivity contribution in [1.82, 2.24) is 4.98 Å². The Balaban J connectivity index is 0.000000281. The van der Waals surface area contributed by atoms with Crippen LogP contribution in [0.1, 0.15) is 294 Å². The Morgan fingerprint density at radius 2 is 0.662 bits per heavy atom. The van der Waals surface area contributed by atoms with Gasteiger partial charge in [-0.1, -0.05) is 129 Å². The molecule has 4 aromatic rings. The van der Waals surface area contributed by atoms with Crippen molar-refractivity contribution in [3.8, 4) is 0 Å². The van der Waals surface area contributed by atoms with Crippen LogP contribution in [0, 0.1) is 113 Å². The number of pyridine rings is 4. The Kier molecular flexibility index (Phi) is 45.6. The van der Waals surface area contributed by atoms with Crippen molar-refractivity contribution in [1.29, 1.82) is 0 Å². The Labute approximate surface area is 884 Å². The van der Waals surface area contributed by atoms with Crippen molar-refractivity contribution in [2.24, 2.45) is 85.8 Å². The van der Waals surface area contributed by atoms with Gasteiger partial charge in [0.2, 0.25) is 5.78 Å². The molecule has 0 aromatic carbocycles. The van der Waals surface area contributed by atoms with Gasteiger partial charge >= 0.3 is 23.9 Å². The van der Waals surface area contributed by atoms with Crippen LogP contribution in [0.4, 0.5) is 13.2 Å². The number of carbonyl (C=O) groups excluding carboxylic acids is 7. The van der Waals surface area contributed by atoms with E-state index in [-0.39, 0.29) is 90.5 Å². The lowest BCUT2D eigenvalue weighted by molar-refractivity contribution is -0.697. The topological polar surface area (TPSA) is 427 Å². The number of aliphatic hydroxyl groups is 8. The molecule has 11 N–H and O–H groups in total. The number of carboxylic acids is 3. The molecule has 0 radical (unpaired) electrons. The average Bonchev–Trinajstić information content (AvgIpc) is 1.47. The molecule has 30 heteroatoms. The van der Waals surface area contributed by atoms with Crippen LogP contribution in [0.5, 0.6) is 0 Å². The normalized spacial score (nSPS) is 33.9. The lowest BCUT2D eigenvalue weighted by Crippen LogP contribution is -2.69. The molecular formula is C118H173BrF3N4O22+3. The predicted molar refractivity (Wildman–Crippen MR) is 564 cm³/mol. The highest BCUT2D eigenvalue weighted by Gasteiger charge is 2.79. The molecule has 4 aromatic heterocycles. The summed E-state index contributed by atoms with van der Waals surface area (Å²) in [6.07, 6.45) is 41.0. The van der Waals surface area contributed by atoms with Crippen molar-refractivity contribution in [2.45, 2.75) is 371 Å². The van der Waals surface area contributed by atoms with Gasteiger partial charge in [-0.05, 0) is 283 Å². The molecule has 9 saturated carbocycles. The smallest absolute Gasteiger partial charge is 0.306 e. The lowest BCUT2D eigenvalue weighted by atomic mass is 9.44. The van der Waals surface area contributed by atoms with Crippen molar-refractivity contribution >= 4 is 74.5 Å². The van der Waals surface area contributed by atoms with Crippen molar-refractivity contribution in [3.63, 3.8) is 0 Å². The number of carbonyl (C=O) groups is 10. The molecule has 0 aliphatic heterocycles. The van der Waals surface area contributed by atoms with Gasteiger partial charge < -0.3 is 60.9 Å². The number of aliphatic carboxylic acids is 3. The number of Topliss-reactive ketones (excluding diaryl/α,β-unsaturated/α-hetero) is 3. The average molecular weight is 2140 g/mol. The summed E-state index contributed by atoms with van der Waals surface area (Å²) in [7, 11) is 0. The Morgan fingerprint density at radius 3 is 0.919 bits per heavy atom. The zero-order chi connectivity index (χ0) is 106. The number of ether oxygens (including phenoxy) is 1. The number of hydrogen-bond donors (Lipinski definition) is 11. The Morgan fingerprint density at radius 1 is 0.399 bits per heavy atom. The second-order valence-electron chi connectivity index (χ2n) is 44.2. The van der Waals surface area contributed by atoms with Crippen LogP contribution in [-0.2, 0) is 72.3 Å². The van der Waals surface area contributed by atoms with Gasteiger partial charge in [0.05, 0.1) is 18.3 Å². The van der Waals surface area contributed by atoms with Crippen LogP contribution >= 0.6 is 15.9 Å². The molecule has 148 heavy (non-hydrogen) atoms. The number of esters is 1. The minimum atomic E-state index is -2.03. The third kappa shape index (κ3) is 25.7. The molecule has 16 rings (SSSR count). The van der Waals surface area contributed by atoms with Crippen molar-refractivity contribution in [2.75, 3.05) is 25.2 Å². The molecule has 0 amide bonds. The lowest BCUT2D eigenvalue weighted by Gasteiger charge is -2.62. The first-order valence-corrected chi connectivity index (χ1v) is 52.9. The predicted octanol–water partition coefficient (Wildman–Crippen LogP) is 17.9. The van der Waals surface area contributed by atoms with Crippen molar-refractivity contribution in [3.05, 3.63) is 192 Å². The van der Waals surface area contributed by atoms with E-state index in [1.54, 1.807) is 92.9 Å². The highest BCUT2D eigenvalue weighted by atomic mass is 79.9. The van der Waals surface area contributed by atoms with Crippen LogP contribution in [0.3, 0.4) is 0 Å². The molecular weight excluding hydrogens is 1960 g/mol. The third-order valence-corrected chi connectivity index (χ3v) is 36.1. The van der Waals surface area contributed by atoms with E-state index in [2.05, 4.69) is 110 Å². The van der Waals surface area contributed by atoms with Gasteiger partial charge in [0.15, 0.2) is 89.7 Å². The number of carboxylic acid groups (broad SMARTS) is 3. The monoisotopic (exact) mass is 2130 g/mol. The number of ketones is 6. The number of aryl methyl sites for hydroxylation is 7. The maximum Gasteiger partial charge on any atom is 0.306 e. The van der Waals surface area contributed by atoms with Crippen LogP contribution in [0.15, 0.2) is 170 Å². The van der Waals surface area contributed by atoms with Gasteiger partial charge in [0.1, 0.15) is 49.7 Å². The zero-order valence-electron chi connectivity index (χ0n) is 86.3. The number of aliphatic hydroxyl groups excluding tert-OH is 5. The fourth-order valence-corrected chi connectivity index (χ4v) is 27.6. The van der Waals surface area contributed by atoms with Crippen LogP contribution in [-0.4, -0.2) is 197 Å². The number of allylic oxidation sites excluding steroid dienone is 12. The van der Waals surface area contributed by atoms with E-state index < -0.39 is 181 Å². The van der Waals surface area contributed by atoms with Crippen LogP contribution in [0.2, 0.25) is 0 Å². The number of fused-ring (bicyclic) bond motifs is 15. The molecule has 12 aliphatic rings. The molecule has 0 spiro atoms. The first kappa shape index (κ1) is 128. The molecule has 0 bridgehead atoms. The molecule has 822 valence electrons. The highest BCUT2D eigenvalue weighted by Crippen LogP contribution is 2.75. The SMILES string of the molecule is C.C.C.C.C[C@@H]1C[C@H]2[C@@H]3CCC4=CC(=O)C=C[C@]4(C)[C@@]3(F)[C@@H](O)C[C@]2(C)[C@@]1(O)C(=O)CO.C[C@@H]1C[C@H]2[C@@H]3CCC4=CC(=O)C=C[C@]4(C)[C@@]3(F)[C@@H](O)C[C@]2(C)[C@@]1(O)C(=O)CO.Cc1cc[n+](CCCCCC(=O)O)cc1.Cc1cc[n+](CCCCCC(=O)O)cc1.Cc1cc[n+](CCCCCC(=O)OCC(=O)[C@@]2(O)[C@H](C)C[C@H]3[C@@H]4CCC5=CC(=O)C=C[C@]5(C)[C@@]4(F)[C@@H](O)C[C@@]32C)cc1.Cc1ccncc1.O=C(O)CCCCCBr. The number of aromatic nitrogens is 4. The zero-order valence-corrected chi connectivity index (χ0v) is 87.9. The molecule has 24 atom stereocenters. The largest absolute Gasteiger partial charge is 0.481 e. The summed E-state index contributed by atoms with van der Waals surface area (Å²) in [5.74, 6) is -9.03. The molecule has 0 saturated heterocycles. The molecule has 4 heterocycles. The van der Waals surface area contributed by atoms with E-state index in [4.69, 9.17) is 20.1 Å². The first-order chi connectivity index (χ1) is 67.7. The standard InChI is InChI=1S/C34H45FNO6.2C22H29FO5.2C12H17NO2.C6H11BrO2.C6H7N.4CH4/c1-22-12-16-36(17-13-22)15-7-5-6-8-30(40)42-21-29(39)34(41)23(2)18-27-26-10-9-24-19-25(37)11-14-31(24,3)33(26,35)28(38)20-32(27,34)4;2*1-12-8-16-15-5-4-13-9-14(25)6-7-19(13,2)21(15,23)17(26)10-20(16,3)22(12,28)18(27)11-24;2*1-11-6-9-13(10-7-11)8-4-2-3-5-12(14)15;7-5-3-1-2-4-6(8)9;1-6-2-4-7-5-3-6;;;;/h11-14,16-17,19,23,26-28,38,41H,5-10,15,18,20-21H2,1-4H3;2*6-7,9,12,15-17,24,26,28H,4-5,8,10-11H2,1-3H3;2*6-7,9-10H,2-5,8H2,1H3;1-5H2,(H,8,9);2-5H,1H3;4*1H4/q+1;;;;;;;;;;/p+2/t23-,26+,27+,28+,31+,32+,33+,34+;2*12-,15+,16+,17+,19+,20+,21+,22+;;;;;;;;/m111......../s1. The molecule has 9 fully saturated rings. The van der Waals surface area contributed by atoms with Gasteiger partial charge in [0, 0.05) is 149 Å². The number of nitrogens with zero attached hydrogens (tertiary/aromatic N) is 4. The van der Waals surface area contributed by atoms with E-state index in [9.17, 15) is 88.8 Å². The summed E-state index contributed by atoms with van der Waals surface area (Å²) < 4.78 is 62.7. The second kappa shape index (κ2) is 53.0. The minimum Gasteiger partial charge on any atom is -0.481 e. The number of unbranched alkanes of at least 4 members (excludes halogenated alkanes) is 8. The maximum atomic E-state index is 17.3. The quantitative estimate of drug-likeness (QED) is 0.00999. The van der Waals surface area contributed by atoms with E-state index in [1.807, 2.05) is 38.4 Å². The van der Waals surface area contributed by atoms with E-state index in [0.717, 1.165) is 95.6 Å². The Bertz CT molecular complexity index is 5210. The summed E-state index contributed by atoms with van der Waals surface area (Å²) in [4.78, 5) is 121. The second-order valence-corrected chi connectivity index (χ2v) is 45.0. The molecule has 26 nitrogen and oxygen atoms in total. The van der Waals surface area contributed by atoms with Gasteiger partial charge in [0.25, 0.3) is 0 Å². The van der Waals surface area contributed by atoms with E-state index in [1.165, 1.54) is 58.7 Å². The number of hydrogen-bond acceptors (Lipinski definition) is 20. The fraction of sp³-hybridized carbons (Fsp3) is 0.644. The summed E-state index contributed by atoms with van der Waals surface area (Å²) in [5.41, 5.74) is -10.8. The minimum absolute atomic E-state index is 0. The van der Waals surface area contributed by atoms with Crippen molar-refractivity contribution < 1.29 is 136 Å². The number of halogens is 4.